The quantitative estimate of drug-likeness (QED) is 0.323. The minimum atomic E-state index is -1.01. The molecule has 2 atom stereocenters. The van der Waals surface area contributed by atoms with E-state index in [-0.39, 0.29) is 25.3 Å². The van der Waals surface area contributed by atoms with Crippen molar-refractivity contribution in [2.45, 2.75) is 44.9 Å². The van der Waals surface area contributed by atoms with Crippen molar-refractivity contribution in [3.63, 3.8) is 0 Å². The SMILES string of the molecule is CCc1cccc(CNCC(O)C(Cc2cc(F)cc(F)c2)NC(=O)Cc2cc(OC)cc(OC)c2)c1. The molecule has 3 aromatic carbocycles. The number of benzene rings is 3. The molecule has 2 unspecified atom stereocenters. The van der Waals surface area contributed by atoms with Gasteiger partial charge in [-0.1, -0.05) is 31.2 Å². The van der Waals surface area contributed by atoms with Crippen LogP contribution in [-0.2, 0) is 30.6 Å². The summed E-state index contributed by atoms with van der Waals surface area (Å²) >= 11 is 0. The molecular weight excluding hydrogens is 478 g/mol. The first kappa shape index (κ1) is 28.1. The fraction of sp³-hybridized carbons (Fsp3) is 0.345. The predicted molar refractivity (Wildman–Crippen MR) is 139 cm³/mol. The summed E-state index contributed by atoms with van der Waals surface area (Å²) in [5.41, 5.74) is 3.28. The number of amides is 1. The molecule has 6 nitrogen and oxygen atoms in total. The van der Waals surface area contributed by atoms with Crippen LogP contribution >= 0.6 is 0 Å². The monoisotopic (exact) mass is 512 g/mol. The van der Waals surface area contributed by atoms with E-state index in [2.05, 4.69) is 29.7 Å². The van der Waals surface area contributed by atoms with E-state index >= 15 is 0 Å². The molecule has 0 saturated heterocycles. The molecule has 198 valence electrons. The van der Waals surface area contributed by atoms with Gasteiger partial charge in [0.1, 0.15) is 23.1 Å². The summed E-state index contributed by atoms with van der Waals surface area (Å²) in [6.07, 6.45) is -0.0281. The van der Waals surface area contributed by atoms with Crippen molar-refractivity contribution in [1.82, 2.24) is 10.6 Å². The Labute approximate surface area is 216 Å². The average molecular weight is 513 g/mol. The number of aliphatic hydroxyl groups is 1. The molecule has 8 heteroatoms. The third-order valence-corrected chi connectivity index (χ3v) is 6.05. The second-order valence-corrected chi connectivity index (χ2v) is 8.93. The van der Waals surface area contributed by atoms with Crippen LogP contribution in [0.15, 0.2) is 60.7 Å². The Kier molecular flexibility index (Phi) is 10.4. The van der Waals surface area contributed by atoms with Gasteiger partial charge in [-0.3, -0.25) is 4.79 Å². The van der Waals surface area contributed by atoms with E-state index in [1.807, 2.05) is 12.1 Å². The van der Waals surface area contributed by atoms with Crippen molar-refractivity contribution < 1.29 is 28.2 Å². The molecular formula is C29H34F2N2O4. The molecule has 0 aliphatic rings. The number of rotatable bonds is 13. The molecule has 1 amide bonds. The van der Waals surface area contributed by atoms with Gasteiger partial charge in [-0.15, -0.1) is 0 Å². The first-order valence-corrected chi connectivity index (χ1v) is 12.2. The van der Waals surface area contributed by atoms with Crippen LogP contribution in [0.1, 0.15) is 29.2 Å². The van der Waals surface area contributed by atoms with Gasteiger partial charge in [-0.05, 0) is 59.4 Å². The van der Waals surface area contributed by atoms with Gasteiger partial charge in [0.25, 0.3) is 0 Å². The molecule has 0 aliphatic heterocycles. The van der Waals surface area contributed by atoms with Gasteiger partial charge < -0.3 is 25.2 Å². The summed E-state index contributed by atoms with van der Waals surface area (Å²) < 4.78 is 38.1. The maximum atomic E-state index is 13.8. The summed E-state index contributed by atoms with van der Waals surface area (Å²) in [7, 11) is 3.04. The molecule has 0 radical (unpaired) electrons. The number of halogens is 2. The van der Waals surface area contributed by atoms with Gasteiger partial charge >= 0.3 is 0 Å². The van der Waals surface area contributed by atoms with Gasteiger partial charge in [-0.2, -0.15) is 0 Å². The normalized spacial score (nSPS) is 12.6. The molecule has 0 heterocycles. The minimum absolute atomic E-state index is 0.00549. The smallest absolute Gasteiger partial charge is 0.224 e. The molecule has 0 fully saturated rings. The van der Waals surface area contributed by atoms with E-state index in [4.69, 9.17) is 9.47 Å². The van der Waals surface area contributed by atoms with Crippen LogP contribution in [0.2, 0.25) is 0 Å². The van der Waals surface area contributed by atoms with Gasteiger partial charge in [0.15, 0.2) is 0 Å². The number of aliphatic hydroxyl groups excluding tert-OH is 1. The van der Waals surface area contributed by atoms with Crippen LogP contribution in [0, 0.1) is 11.6 Å². The highest BCUT2D eigenvalue weighted by Gasteiger charge is 2.23. The average Bonchev–Trinajstić information content (AvgIpc) is 2.87. The van der Waals surface area contributed by atoms with Crippen molar-refractivity contribution in [1.29, 1.82) is 0 Å². The van der Waals surface area contributed by atoms with E-state index in [1.165, 1.54) is 31.9 Å². The Morgan fingerprint density at radius 3 is 2.16 bits per heavy atom. The van der Waals surface area contributed by atoms with Crippen molar-refractivity contribution >= 4 is 5.91 Å². The van der Waals surface area contributed by atoms with E-state index in [9.17, 15) is 18.7 Å². The number of carbonyl (C=O) groups is 1. The zero-order chi connectivity index (χ0) is 26.8. The van der Waals surface area contributed by atoms with Crippen LogP contribution in [0.5, 0.6) is 11.5 Å². The lowest BCUT2D eigenvalue weighted by molar-refractivity contribution is -0.122. The molecule has 3 aromatic rings. The van der Waals surface area contributed by atoms with Gasteiger partial charge in [0.2, 0.25) is 5.91 Å². The summed E-state index contributed by atoms with van der Waals surface area (Å²) in [5, 5.41) is 17.0. The third-order valence-electron chi connectivity index (χ3n) is 6.05. The van der Waals surface area contributed by atoms with Gasteiger partial charge in [0, 0.05) is 25.2 Å². The van der Waals surface area contributed by atoms with Crippen molar-refractivity contribution in [3.8, 4) is 11.5 Å². The van der Waals surface area contributed by atoms with Crippen LogP contribution in [0.4, 0.5) is 8.78 Å². The fourth-order valence-electron chi connectivity index (χ4n) is 4.14. The van der Waals surface area contributed by atoms with E-state index < -0.39 is 23.8 Å². The van der Waals surface area contributed by atoms with E-state index in [1.54, 1.807) is 18.2 Å². The van der Waals surface area contributed by atoms with Crippen LogP contribution in [-0.4, -0.2) is 43.9 Å². The summed E-state index contributed by atoms with van der Waals surface area (Å²) in [5.74, 6) is -0.693. The first-order chi connectivity index (χ1) is 17.8. The highest BCUT2D eigenvalue weighted by Crippen LogP contribution is 2.23. The van der Waals surface area contributed by atoms with Crippen LogP contribution in [0.3, 0.4) is 0 Å². The molecule has 0 spiro atoms. The first-order valence-electron chi connectivity index (χ1n) is 12.2. The number of aryl methyl sites for hydroxylation is 1. The number of methoxy groups -OCH3 is 2. The molecule has 0 aliphatic carbocycles. The highest BCUT2D eigenvalue weighted by atomic mass is 19.1. The maximum absolute atomic E-state index is 13.8. The van der Waals surface area contributed by atoms with Crippen LogP contribution < -0.4 is 20.1 Å². The fourth-order valence-corrected chi connectivity index (χ4v) is 4.14. The van der Waals surface area contributed by atoms with Crippen molar-refractivity contribution in [2.75, 3.05) is 20.8 Å². The lowest BCUT2D eigenvalue weighted by atomic mass is 10.00. The Balaban J connectivity index is 1.70. The molecule has 37 heavy (non-hydrogen) atoms. The minimum Gasteiger partial charge on any atom is -0.497 e. The van der Waals surface area contributed by atoms with Crippen molar-refractivity contribution in [2.24, 2.45) is 0 Å². The Morgan fingerprint density at radius 1 is 0.892 bits per heavy atom. The second kappa shape index (κ2) is 13.7. The van der Waals surface area contributed by atoms with E-state index in [0.717, 1.165) is 18.1 Å². The predicted octanol–water partition coefficient (Wildman–Crippen LogP) is 3.97. The molecule has 0 bridgehead atoms. The van der Waals surface area contributed by atoms with Gasteiger partial charge in [0.05, 0.1) is 32.8 Å². The summed E-state index contributed by atoms with van der Waals surface area (Å²) in [4.78, 5) is 12.9. The molecule has 3 N–H and O–H groups in total. The van der Waals surface area contributed by atoms with E-state index in [0.29, 0.717) is 29.2 Å². The zero-order valence-electron chi connectivity index (χ0n) is 21.4. The maximum Gasteiger partial charge on any atom is 0.224 e. The number of hydrogen-bond acceptors (Lipinski definition) is 5. The lowest BCUT2D eigenvalue weighted by Gasteiger charge is -2.25. The van der Waals surface area contributed by atoms with Crippen molar-refractivity contribution in [3.05, 3.63) is 94.6 Å². The molecule has 0 aromatic heterocycles. The Morgan fingerprint density at radius 2 is 1.54 bits per heavy atom. The molecule has 0 saturated carbocycles. The number of ether oxygens (including phenoxy) is 2. The largest absolute Gasteiger partial charge is 0.497 e. The molecule has 3 rings (SSSR count). The Bertz CT molecular complexity index is 1150. The zero-order valence-corrected chi connectivity index (χ0v) is 21.4. The Hall–Kier alpha value is -3.49. The summed E-state index contributed by atoms with van der Waals surface area (Å²) in [6.45, 7) is 2.79. The number of carbonyl (C=O) groups excluding carboxylic acids is 1. The number of hydrogen-bond donors (Lipinski definition) is 3. The number of nitrogens with one attached hydrogen (secondary N) is 2. The standard InChI is InChI=1S/C29H34F2N2O4/c1-4-19-6-5-7-20(8-19)17-32-18-28(34)27(13-21-9-23(30)15-24(31)10-21)33-29(35)14-22-11-25(36-2)16-26(12-22)37-3/h5-12,15-16,27-28,32,34H,4,13-14,17-18H2,1-3H3,(H,33,35). The summed E-state index contributed by atoms with van der Waals surface area (Å²) in [6, 6.07) is 15.7. The lowest BCUT2D eigenvalue weighted by Crippen LogP contribution is -2.49. The second-order valence-electron chi connectivity index (χ2n) is 8.93. The van der Waals surface area contributed by atoms with Crippen LogP contribution in [0.25, 0.3) is 0 Å². The highest BCUT2D eigenvalue weighted by molar-refractivity contribution is 5.79. The topological polar surface area (TPSA) is 79.8 Å². The van der Waals surface area contributed by atoms with Gasteiger partial charge in [-0.25, -0.2) is 8.78 Å². The third kappa shape index (κ3) is 8.84.